The molecule has 3 rings (SSSR count). The molecule has 0 atom stereocenters. The lowest BCUT2D eigenvalue weighted by Gasteiger charge is -2.12. The maximum Gasteiger partial charge on any atom is 0.340 e. The number of aromatic nitrogens is 1. The van der Waals surface area contributed by atoms with Gasteiger partial charge in [0.2, 0.25) is 0 Å². The first-order chi connectivity index (χ1) is 11.1. The van der Waals surface area contributed by atoms with Crippen LogP contribution in [0.15, 0.2) is 48.7 Å². The highest BCUT2D eigenvalue weighted by Gasteiger charge is 2.13. The molecule has 23 heavy (non-hydrogen) atoms. The third-order valence-electron chi connectivity index (χ3n) is 3.63. The number of esters is 1. The van der Waals surface area contributed by atoms with E-state index in [-0.39, 0.29) is 0 Å². The molecule has 5 heteroatoms. The summed E-state index contributed by atoms with van der Waals surface area (Å²) in [6.45, 7) is 1.95. The van der Waals surface area contributed by atoms with Crippen LogP contribution in [0, 0.1) is 6.92 Å². The molecule has 3 aromatic rings. The molecule has 0 unspecified atom stereocenters. The Morgan fingerprint density at radius 3 is 2.61 bits per heavy atom. The smallest absolute Gasteiger partial charge is 0.340 e. The number of nitrogens with one attached hydrogen (secondary N) is 1. The van der Waals surface area contributed by atoms with Crippen LogP contribution in [0.5, 0.6) is 0 Å². The second-order valence-electron chi connectivity index (χ2n) is 5.15. The summed E-state index contributed by atoms with van der Waals surface area (Å²) < 4.78 is 4.81. The fourth-order valence-electron chi connectivity index (χ4n) is 2.37. The van der Waals surface area contributed by atoms with Crippen molar-refractivity contribution in [1.29, 1.82) is 0 Å². The van der Waals surface area contributed by atoms with Crippen molar-refractivity contribution in [3.63, 3.8) is 0 Å². The van der Waals surface area contributed by atoms with Crippen LogP contribution in [0.1, 0.15) is 15.9 Å². The van der Waals surface area contributed by atoms with Gasteiger partial charge in [-0.25, -0.2) is 9.78 Å². The Morgan fingerprint density at radius 2 is 1.91 bits per heavy atom. The van der Waals surface area contributed by atoms with E-state index in [1.54, 1.807) is 0 Å². The Balaban J connectivity index is 2.08. The number of aryl methyl sites for hydroxylation is 1. The van der Waals surface area contributed by atoms with Crippen molar-refractivity contribution >= 4 is 39.8 Å². The van der Waals surface area contributed by atoms with Gasteiger partial charge in [0, 0.05) is 27.7 Å². The van der Waals surface area contributed by atoms with Crippen LogP contribution >= 0.6 is 11.6 Å². The van der Waals surface area contributed by atoms with Crippen molar-refractivity contribution in [1.82, 2.24) is 4.98 Å². The van der Waals surface area contributed by atoms with Gasteiger partial charge in [-0.15, -0.1) is 0 Å². The summed E-state index contributed by atoms with van der Waals surface area (Å²) in [5, 5.41) is 5.56. The van der Waals surface area contributed by atoms with Crippen LogP contribution in [-0.2, 0) is 4.74 Å². The lowest BCUT2D eigenvalue weighted by atomic mass is 10.1. The minimum atomic E-state index is -0.404. The maximum atomic E-state index is 11.9. The molecule has 0 saturated carbocycles. The van der Waals surface area contributed by atoms with Gasteiger partial charge in [0.15, 0.2) is 0 Å². The average Bonchev–Trinajstić information content (AvgIpc) is 2.58. The minimum absolute atomic E-state index is 0.404. The number of benzene rings is 2. The second-order valence-corrected chi connectivity index (χ2v) is 5.55. The summed E-state index contributed by atoms with van der Waals surface area (Å²) >= 11 is 6.16. The molecule has 1 N–H and O–H groups in total. The molecule has 1 aromatic heterocycles. The van der Waals surface area contributed by atoms with Gasteiger partial charge in [-0.3, -0.25) is 0 Å². The van der Waals surface area contributed by atoms with Crippen molar-refractivity contribution in [2.75, 3.05) is 12.4 Å². The van der Waals surface area contributed by atoms with E-state index >= 15 is 0 Å². The van der Waals surface area contributed by atoms with Crippen LogP contribution in [0.25, 0.3) is 10.8 Å². The fraction of sp³-hybridized carbons (Fsp3) is 0.111. The molecule has 0 spiro atoms. The number of carbonyl (C=O) groups is 1. The van der Waals surface area contributed by atoms with E-state index in [2.05, 4.69) is 10.3 Å². The zero-order valence-corrected chi connectivity index (χ0v) is 13.5. The topological polar surface area (TPSA) is 51.2 Å². The number of pyridine rings is 1. The van der Waals surface area contributed by atoms with Gasteiger partial charge in [-0.05, 0) is 24.6 Å². The third-order valence-corrected chi connectivity index (χ3v) is 4.04. The van der Waals surface area contributed by atoms with Crippen molar-refractivity contribution < 1.29 is 9.53 Å². The molecule has 0 amide bonds. The monoisotopic (exact) mass is 326 g/mol. The highest BCUT2D eigenvalue weighted by molar-refractivity contribution is 6.31. The first-order valence-electron chi connectivity index (χ1n) is 7.09. The molecule has 116 valence electrons. The Morgan fingerprint density at radius 1 is 1.17 bits per heavy atom. The lowest BCUT2D eigenvalue weighted by molar-refractivity contribution is 0.0602. The third kappa shape index (κ3) is 2.98. The Labute approximate surface area is 139 Å². The predicted octanol–water partition coefficient (Wildman–Crippen LogP) is 4.73. The Kier molecular flexibility index (Phi) is 4.17. The predicted molar refractivity (Wildman–Crippen MR) is 92.6 cm³/mol. The Bertz CT molecular complexity index is 893. The number of halogens is 1. The van der Waals surface area contributed by atoms with Gasteiger partial charge in [-0.1, -0.05) is 41.9 Å². The van der Waals surface area contributed by atoms with E-state index in [0.717, 1.165) is 22.0 Å². The largest absolute Gasteiger partial charge is 0.465 e. The minimum Gasteiger partial charge on any atom is -0.465 e. The van der Waals surface area contributed by atoms with E-state index in [0.29, 0.717) is 16.4 Å². The van der Waals surface area contributed by atoms with Crippen LogP contribution < -0.4 is 5.32 Å². The summed E-state index contributed by atoms with van der Waals surface area (Å²) in [6, 6.07) is 13.3. The molecular formula is C18H15ClN2O2. The first kappa shape index (κ1) is 15.3. The number of anilines is 2. The number of methoxy groups -OCH3 is 1. The molecule has 0 aliphatic carbocycles. The molecule has 0 aliphatic rings. The van der Waals surface area contributed by atoms with Gasteiger partial charge >= 0.3 is 5.97 Å². The quantitative estimate of drug-likeness (QED) is 0.707. The van der Waals surface area contributed by atoms with Crippen LogP contribution in [-0.4, -0.2) is 18.1 Å². The molecule has 0 aliphatic heterocycles. The van der Waals surface area contributed by atoms with E-state index in [1.165, 1.54) is 13.3 Å². The standard InChI is InChI=1S/C18H15ClN2O2/c1-11-7-8-12(9-16(11)19)21-17-14-6-4-3-5-13(14)15(10-20-17)18(22)23-2/h3-10H,1-2H3,(H,20,21). The lowest BCUT2D eigenvalue weighted by Crippen LogP contribution is -2.04. The summed E-state index contributed by atoms with van der Waals surface area (Å²) in [5.41, 5.74) is 2.29. The SMILES string of the molecule is COC(=O)c1cnc(Nc2ccc(C)c(Cl)c2)c2ccccc12. The van der Waals surface area contributed by atoms with Gasteiger partial charge in [0.25, 0.3) is 0 Å². The van der Waals surface area contributed by atoms with Gasteiger partial charge in [0.1, 0.15) is 5.82 Å². The number of fused-ring (bicyclic) bond motifs is 1. The van der Waals surface area contributed by atoms with E-state index < -0.39 is 5.97 Å². The number of hydrogen-bond donors (Lipinski definition) is 1. The van der Waals surface area contributed by atoms with Gasteiger partial charge in [-0.2, -0.15) is 0 Å². The van der Waals surface area contributed by atoms with Gasteiger partial charge < -0.3 is 10.1 Å². The van der Waals surface area contributed by atoms with Crippen LogP contribution in [0.4, 0.5) is 11.5 Å². The fourth-order valence-corrected chi connectivity index (χ4v) is 2.55. The molecule has 0 fully saturated rings. The zero-order valence-electron chi connectivity index (χ0n) is 12.8. The normalized spacial score (nSPS) is 10.6. The van der Waals surface area contributed by atoms with E-state index in [9.17, 15) is 4.79 Å². The molecule has 2 aromatic carbocycles. The van der Waals surface area contributed by atoms with Crippen LogP contribution in [0.2, 0.25) is 5.02 Å². The highest BCUT2D eigenvalue weighted by Crippen LogP contribution is 2.28. The summed E-state index contributed by atoms with van der Waals surface area (Å²) in [6.07, 6.45) is 1.52. The molecular weight excluding hydrogens is 312 g/mol. The zero-order chi connectivity index (χ0) is 16.4. The number of ether oxygens (including phenoxy) is 1. The number of carbonyl (C=O) groups excluding carboxylic acids is 1. The first-order valence-corrected chi connectivity index (χ1v) is 7.47. The summed E-state index contributed by atoms with van der Waals surface area (Å²) in [5.74, 6) is 0.256. The highest BCUT2D eigenvalue weighted by atomic mass is 35.5. The molecule has 0 bridgehead atoms. The van der Waals surface area contributed by atoms with Crippen molar-refractivity contribution in [2.45, 2.75) is 6.92 Å². The molecule has 1 heterocycles. The van der Waals surface area contributed by atoms with Crippen molar-refractivity contribution in [2.24, 2.45) is 0 Å². The molecule has 0 radical (unpaired) electrons. The Hall–Kier alpha value is -2.59. The number of rotatable bonds is 3. The number of nitrogens with zero attached hydrogens (tertiary/aromatic N) is 1. The number of hydrogen-bond acceptors (Lipinski definition) is 4. The van der Waals surface area contributed by atoms with Crippen molar-refractivity contribution in [3.8, 4) is 0 Å². The summed E-state index contributed by atoms with van der Waals surface area (Å²) in [4.78, 5) is 16.2. The van der Waals surface area contributed by atoms with E-state index in [4.69, 9.17) is 16.3 Å². The van der Waals surface area contributed by atoms with Gasteiger partial charge in [0.05, 0.1) is 12.7 Å². The maximum absolute atomic E-state index is 11.9. The molecule has 0 saturated heterocycles. The van der Waals surface area contributed by atoms with Crippen molar-refractivity contribution in [3.05, 3.63) is 64.8 Å². The summed E-state index contributed by atoms with van der Waals surface area (Å²) in [7, 11) is 1.36. The average molecular weight is 327 g/mol. The molecule has 4 nitrogen and oxygen atoms in total. The van der Waals surface area contributed by atoms with E-state index in [1.807, 2.05) is 49.4 Å². The second kappa shape index (κ2) is 6.26. The van der Waals surface area contributed by atoms with Crippen LogP contribution in [0.3, 0.4) is 0 Å².